The van der Waals surface area contributed by atoms with Gasteiger partial charge >= 0.3 is 0 Å². The van der Waals surface area contributed by atoms with Gasteiger partial charge in [-0.15, -0.1) is 0 Å². The van der Waals surface area contributed by atoms with Crippen LogP contribution in [0.2, 0.25) is 0 Å². The lowest BCUT2D eigenvalue weighted by atomic mass is 9.82. The number of hydrogen-bond acceptors (Lipinski definition) is 4. The van der Waals surface area contributed by atoms with Crippen LogP contribution in [0, 0.1) is 11.3 Å². The molecule has 122 valence electrons. The number of ether oxygens (including phenoxy) is 1. The Kier molecular flexibility index (Phi) is 5.54. The van der Waals surface area contributed by atoms with Gasteiger partial charge in [-0.2, -0.15) is 0 Å². The lowest BCUT2D eigenvalue weighted by Crippen LogP contribution is -2.48. The second kappa shape index (κ2) is 7.40. The first kappa shape index (κ1) is 15.7. The Morgan fingerprint density at radius 1 is 1.00 bits per heavy atom. The smallest absolute Gasteiger partial charge is 0.0556 e. The molecule has 0 aromatic carbocycles. The van der Waals surface area contributed by atoms with Crippen molar-refractivity contribution in [2.45, 2.75) is 38.5 Å². The van der Waals surface area contributed by atoms with Gasteiger partial charge in [0.2, 0.25) is 0 Å². The molecule has 21 heavy (non-hydrogen) atoms. The molecule has 0 bridgehead atoms. The summed E-state index contributed by atoms with van der Waals surface area (Å²) < 4.78 is 5.63. The van der Waals surface area contributed by atoms with E-state index in [4.69, 9.17) is 4.74 Å². The van der Waals surface area contributed by atoms with Crippen LogP contribution in [0.15, 0.2) is 0 Å². The van der Waals surface area contributed by atoms with Crippen LogP contribution in [-0.4, -0.2) is 74.0 Å². The molecular formula is C17H32N2O2. The van der Waals surface area contributed by atoms with Crippen LogP contribution in [0.3, 0.4) is 0 Å². The van der Waals surface area contributed by atoms with Gasteiger partial charge in [0.15, 0.2) is 0 Å². The van der Waals surface area contributed by atoms with Crippen LogP contribution in [0.4, 0.5) is 0 Å². The molecule has 0 aliphatic carbocycles. The predicted molar refractivity (Wildman–Crippen MR) is 84.4 cm³/mol. The van der Waals surface area contributed by atoms with Crippen molar-refractivity contribution in [2.75, 3.05) is 59.1 Å². The first-order valence-corrected chi connectivity index (χ1v) is 8.93. The number of hydrogen-bond donors (Lipinski definition) is 1. The number of nitrogens with zero attached hydrogens (tertiary/aromatic N) is 2. The van der Waals surface area contributed by atoms with E-state index in [1.807, 2.05) is 0 Å². The molecule has 4 nitrogen and oxygen atoms in total. The van der Waals surface area contributed by atoms with E-state index in [0.717, 1.165) is 38.5 Å². The van der Waals surface area contributed by atoms with E-state index in [9.17, 15) is 5.11 Å². The van der Waals surface area contributed by atoms with Gasteiger partial charge in [0.1, 0.15) is 0 Å². The highest BCUT2D eigenvalue weighted by atomic mass is 16.5. The summed E-state index contributed by atoms with van der Waals surface area (Å²) >= 11 is 0. The van der Waals surface area contributed by atoms with Gasteiger partial charge in [0.05, 0.1) is 13.2 Å². The van der Waals surface area contributed by atoms with Crippen LogP contribution in [0.25, 0.3) is 0 Å². The summed E-state index contributed by atoms with van der Waals surface area (Å²) in [5.74, 6) is 0.895. The molecule has 3 aliphatic heterocycles. The Balaban J connectivity index is 1.42. The maximum Gasteiger partial charge on any atom is 0.0556 e. The van der Waals surface area contributed by atoms with Crippen molar-refractivity contribution < 1.29 is 9.84 Å². The summed E-state index contributed by atoms with van der Waals surface area (Å²) in [5, 5.41) is 9.80. The zero-order valence-corrected chi connectivity index (χ0v) is 13.4. The molecule has 4 heteroatoms. The third kappa shape index (κ3) is 4.19. The van der Waals surface area contributed by atoms with E-state index in [2.05, 4.69) is 9.80 Å². The molecule has 3 fully saturated rings. The minimum atomic E-state index is 0.0139. The van der Waals surface area contributed by atoms with E-state index >= 15 is 0 Å². The third-order valence-electron chi connectivity index (χ3n) is 5.72. The zero-order valence-electron chi connectivity index (χ0n) is 13.4. The summed E-state index contributed by atoms with van der Waals surface area (Å²) in [6.07, 6.45) is 7.69. The van der Waals surface area contributed by atoms with Gasteiger partial charge in [-0.25, -0.2) is 0 Å². The summed E-state index contributed by atoms with van der Waals surface area (Å²) in [6.45, 7) is 9.32. The van der Waals surface area contributed by atoms with Crippen molar-refractivity contribution >= 4 is 0 Å². The van der Waals surface area contributed by atoms with Crippen molar-refractivity contribution in [2.24, 2.45) is 11.3 Å². The van der Waals surface area contributed by atoms with Crippen LogP contribution in [-0.2, 0) is 4.74 Å². The maximum atomic E-state index is 9.80. The molecule has 1 N–H and O–H groups in total. The van der Waals surface area contributed by atoms with E-state index < -0.39 is 0 Å². The third-order valence-corrected chi connectivity index (χ3v) is 5.72. The molecule has 3 heterocycles. The number of aliphatic hydroxyl groups excluding tert-OH is 1. The van der Waals surface area contributed by atoms with Crippen molar-refractivity contribution in [3.05, 3.63) is 0 Å². The molecule has 3 aliphatic rings. The lowest BCUT2D eigenvalue weighted by Gasteiger charge is -2.42. The van der Waals surface area contributed by atoms with Crippen molar-refractivity contribution in [1.82, 2.24) is 9.80 Å². The minimum absolute atomic E-state index is 0.0139. The van der Waals surface area contributed by atoms with Gasteiger partial charge < -0.3 is 19.6 Å². The Hall–Kier alpha value is -0.160. The highest BCUT2D eigenvalue weighted by Gasteiger charge is 2.35. The molecule has 0 radical (unpaired) electrons. The molecule has 0 aromatic rings. The maximum absolute atomic E-state index is 9.80. The summed E-state index contributed by atoms with van der Waals surface area (Å²) in [4.78, 5) is 5.23. The molecule has 0 aromatic heterocycles. The van der Waals surface area contributed by atoms with Crippen LogP contribution in [0.5, 0.6) is 0 Å². The molecule has 3 rings (SSSR count). The molecular weight excluding hydrogens is 264 g/mol. The molecule has 0 saturated carbocycles. The van der Waals surface area contributed by atoms with Crippen molar-refractivity contribution in [3.63, 3.8) is 0 Å². The fourth-order valence-corrected chi connectivity index (χ4v) is 4.34. The first-order chi connectivity index (χ1) is 10.3. The molecule has 1 unspecified atom stereocenters. The van der Waals surface area contributed by atoms with Crippen LogP contribution in [0.1, 0.15) is 38.5 Å². The average molecular weight is 296 g/mol. The Morgan fingerprint density at radius 2 is 1.76 bits per heavy atom. The predicted octanol–water partition coefficient (Wildman–Crippen LogP) is 1.58. The van der Waals surface area contributed by atoms with Crippen LogP contribution < -0.4 is 0 Å². The zero-order chi connectivity index (χ0) is 14.5. The molecule has 1 atom stereocenters. The fraction of sp³-hybridized carbons (Fsp3) is 1.00. The monoisotopic (exact) mass is 296 g/mol. The minimum Gasteiger partial charge on any atom is -0.396 e. The van der Waals surface area contributed by atoms with E-state index in [-0.39, 0.29) is 12.0 Å². The van der Waals surface area contributed by atoms with Gasteiger partial charge in [0.25, 0.3) is 0 Å². The topological polar surface area (TPSA) is 35.9 Å². The average Bonchev–Trinajstić information content (AvgIpc) is 3.03. The molecule has 0 spiro atoms. The quantitative estimate of drug-likeness (QED) is 0.836. The number of piperidine rings is 1. The van der Waals surface area contributed by atoms with E-state index in [1.54, 1.807) is 0 Å². The SMILES string of the molecule is OCC1(CN2CCC(CN3CCCC3)CC2)CCCOC1. The summed E-state index contributed by atoms with van der Waals surface area (Å²) in [5.41, 5.74) is 0.0139. The number of likely N-dealkylation sites (tertiary alicyclic amines) is 2. The summed E-state index contributed by atoms with van der Waals surface area (Å²) in [7, 11) is 0. The van der Waals surface area contributed by atoms with E-state index in [1.165, 1.54) is 58.4 Å². The molecule has 0 amide bonds. The van der Waals surface area contributed by atoms with Gasteiger partial charge in [-0.3, -0.25) is 0 Å². The van der Waals surface area contributed by atoms with E-state index in [0.29, 0.717) is 0 Å². The highest BCUT2D eigenvalue weighted by molar-refractivity contribution is 4.87. The highest BCUT2D eigenvalue weighted by Crippen LogP contribution is 2.31. The standard InChI is InChI=1S/C17H32N2O2/c20-14-17(6-3-11-21-15-17)13-19-9-4-16(5-10-19)12-18-7-1-2-8-18/h16,20H,1-15H2. The van der Waals surface area contributed by atoms with Crippen LogP contribution >= 0.6 is 0 Å². The largest absolute Gasteiger partial charge is 0.396 e. The summed E-state index contributed by atoms with van der Waals surface area (Å²) in [6, 6.07) is 0. The lowest BCUT2D eigenvalue weighted by molar-refractivity contribution is -0.0592. The normalized spacial score (nSPS) is 33.6. The second-order valence-corrected chi connectivity index (χ2v) is 7.54. The molecule has 3 saturated heterocycles. The van der Waals surface area contributed by atoms with Gasteiger partial charge in [0, 0.05) is 25.1 Å². The Bertz CT molecular complexity index is 304. The number of aliphatic hydroxyl groups is 1. The van der Waals surface area contributed by atoms with Crippen molar-refractivity contribution in [3.8, 4) is 0 Å². The number of rotatable bonds is 5. The first-order valence-electron chi connectivity index (χ1n) is 8.93. The van der Waals surface area contributed by atoms with Gasteiger partial charge in [-0.1, -0.05) is 0 Å². The fourth-order valence-electron chi connectivity index (χ4n) is 4.34. The second-order valence-electron chi connectivity index (χ2n) is 7.54. The Morgan fingerprint density at radius 3 is 2.38 bits per heavy atom. The van der Waals surface area contributed by atoms with Crippen molar-refractivity contribution in [1.29, 1.82) is 0 Å². The van der Waals surface area contributed by atoms with Gasteiger partial charge in [-0.05, 0) is 70.6 Å². The Labute approximate surface area is 129 Å².